The van der Waals surface area contributed by atoms with Crippen LogP contribution >= 0.6 is 0 Å². The van der Waals surface area contributed by atoms with Gasteiger partial charge in [-0.3, -0.25) is 9.59 Å². The molecule has 0 aromatic heterocycles. The van der Waals surface area contributed by atoms with E-state index in [1.165, 1.54) is 24.8 Å². The third kappa shape index (κ3) is 2.30. The fraction of sp³-hybridized carbons (Fsp3) is 0.818. The SMILES string of the molecule is CC(=O)O[C@@]1(C)CC[C@H]2[C@H]3CCC4=CC(=O)CC[C@]4(C)[C@H]3CC[C@@]21C. The van der Waals surface area contributed by atoms with Crippen LogP contribution in [0.1, 0.15) is 79.1 Å². The number of allylic oxidation sites excluding steroid dienone is 1. The van der Waals surface area contributed by atoms with Gasteiger partial charge in [-0.25, -0.2) is 0 Å². The zero-order valence-corrected chi connectivity index (χ0v) is 16.2. The first-order valence-electron chi connectivity index (χ1n) is 10.1. The second-order valence-corrected chi connectivity index (χ2v) is 9.79. The third-order valence-electron chi connectivity index (χ3n) is 8.86. The minimum Gasteiger partial charge on any atom is -0.459 e. The maximum Gasteiger partial charge on any atom is 0.303 e. The molecule has 4 aliphatic rings. The minimum absolute atomic E-state index is 0.0991. The highest BCUT2D eigenvalue weighted by Gasteiger charge is 2.64. The van der Waals surface area contributed by atoms with Crippen LogP contribution in [0.5, 0.6) is 0 Å². The molecule has 0 amide bonds. The van der Waals surface area contributed by atoms with Gasteiger partial charge < -0.3 is 4.74 Å². The van der Waals surface area contributed by atoms with E-state index in [-0.39, 0.29) is 22.4 Å². The molecule has 0 heterocycles. The van der Waals surface area contributed by atoms with Gasteiger partial charge in [-0.05, 0) is 81.1 Å². The van der Waals surface area contributed by atoms with Crippen molar-refractivity contribution in [1.29, 1.82) is 0 Å². The zero-order valence-electron chi connectivity index (χ0n) is 16.2. The molecular weight excluding hydrogens is 312 g/mol. The molecule has 0 aromatic rings. The van der Waals surface area contributed by atoms with Crippen molar-refractivity contribution in [2.45, 2.75) is 84.7 Å². The van der Waals surface area contributed by atoms with Crippen molar-refractivity contribution in [3.8, 4) is 0 Å². The summed E-state index contributed by atoms with van der Waals surface area (Å²) in [6.07, 6.45) is 10.5. The number of carbonyl (C=O) groups excluding carboxylic acids is 2. The van der Waals surface area contributed by atoms with Gasteiger partial charge in [-0.2, -0.15) is 0 Å². The molecule has 0 aromatic carbocycles. The van der Waals surface area contributed by atoms with Crippen molar-refractivity contribution < 1.29 is 14.3 Å². The van der Waals surface area contributed by atoms with Gasteiger partial charge in [0.25, 0.3) is 0 Å². The van der Waals surface area contributed by atoms with Crippen molar-refractivity contribution in [3.05, 3.63) is 11.6 Å². The van der Waals surface area contributed by atoms with E-state index in [1.54, 1.807) is 6.92 Å². The molecule has 4 aliphatic carbocycles. The van der Waals surface area contributed by atoms with E-state index in [2.05, 4.69) is 20.8 Å². The second kappa shape index (κ2) is 5.44. The van der Waals surface area contributed by atoms with Gasteiger partial charge >= 0.3 is 5.97 Å². The molecular formula is C22H32O3. The molecule has 0 spiro atoms. The fourth-order valence-electron chi connectivity index (χ4n) is 7.27. The van der Waals surface area contributed by atoms with Crippen LogP contribution in [0.4, 0.5) is 0 Å². The number of hydrogen-bond donors (Lipinski definition) is 0. The van der Waals surface area contributed by atoms with Gasteiger partial charge in [0.1, 0.15) is 5.60 Å². The number of ether oxygens (including phenoxy) is 1. The normalized spacial score (nSPS) is 48.9. The summed E-state index contributed by atoms with van der Waals surface area (Å²) in [5.41, 5.74) is 1.43. The molecule has 25 heavy (non-hydrogen) atoms. The summed E-state index contributed by atoms with van der Waals surface area (Å²) in [6, 6.07) is 0. The molecule has 6 atom stereocenters. The Kier molecular flexibility index (Phi) is 3.76. The molecule has 3 fully saturated rings. The van der Waals surface area contributed by atoms with Crippen LogP contribution in [0.15, 0.2) is 11.6 Å². The quantitative estimate of drug-likeness (QED) is 0.639. The van der Waals surface area contributed by atoms with E-state index >= 15 is 0 Å². The molecule has 0 unspecified atom stereocenters. The number of ketones is 1. The largest absolute Gasteiger partial charge is 0.459 e. The van der Waals surface area contributed by atoms with Crippen LogP contribution in [0.3, 0.4) is 0 Å². The molecule has 3 nitrogen and oxygen atoms in total. The van der Waals surface area contributed by atoms with Crippen molar-refractivity contribution in [1.82, 2.24) is 0 Å². The summed E-state index contributed by atoms with van der Waals surface area (Å²) in [5.74, 6) is 2.24. The summed E-state index contributed by atoms with van der Waals surface area (Å²) in [7, 11) is 0. The summed E-state index contributed by atoms with van der Waals surface area (Å²) in [6.45, 7) is 8.52. The Bertz CT molecular complexity index is 650. The topological polar surface area (TPSA) is 43.4 Å². The van der Waals surface area contributed by atoms with Crippen LogP contribution in [-0.2, 0) is 14.3 Å². The Balaban J connectivity index is 1.66. The van der Waals surface area contributed by atoms with Crippen LogP contribution < -0.4 is 0 Å². The lowest BCUT2D eigenvalue weighted by Crippen LogP contribution is -2.55. The molecule has 0 saturated heterocycles. The Hall–Kier alpha value is -1.12. The summed E-state index contributed by atoms with van der Waals surface area (Å²) >= 11 is 0. The van der Waals surface area contributed by atoms with E-state index in [0.29, 0.717) is 23.5 Å². The Morgan fingerprint density at radius 1 is 1.04 bits per heavy atom. The lowest BCUT2D eigenvalue weighted by atomic mass is 9.46. The predicted molar refractivity (Wildman–Crippen MR) is 96.9 cm³/mol. The summed E-state index contributed by atoms with van der Waals surface area (Å²) in [5, 5.41) is 0. The lowest BCUT2D eigenvalue weighted by Gasteiger charge is -2.59. The molecule has 0 radical (unpaired) electrons. The Morgan fingerprint density at radius 3 is 2.48 bits per heavy atom. The molecule has 0 bridgehead atoms. The smallest absolute Gasteiger partial charge is 0.303 e. The van der Waals surface area contributed by atoms with Gasteiger partial charge in [0, 0.05) is 18.8 Å². The standard InChI is InChI=1S/C22H32O3/c1-14(23)25-22(4)12-9-19-17-6-5-15-13-16(24)7-10-20(15,2)18(17)8-11-21(19,22)3/h13,17-19H,5-12H2,1-4H3/t17-,18-,19-,20-,21-,22-/m0/s1. The average Bonchev–Trinajstić information content (AvgIpc) is 2.79. The fourth-order valence-corrected chi connectivity index (χ4v) is 7.27. The monoisotopic (exact) mass is 344 g/mol. The van der Waals surface area contributed by atoms with E-state index in [1.807, 2.05) is 6.08 Å². The molecule has 4 rings (SSSR count). The number of esters is 1. The van der Waals surface area contributed by atoms with Crippen LogP contribution in [0.25, 0.3) is 0 Å². The zero-order chi connectivity index (χ0) is 18.0. The van der Waals surface area contributed by atoms with Gasteiger partial charge in [0.05, 0.1) is 0 Å². The molecule has 138 valence electrons. The summed E-state index contributed by atoms with van der Waals surface area (Å²) < 4.78 is 5.90. The molecule has 3 saturated carbocycles. The van der Waals surface area contributed by atoms with Crippen LogP contribution in [-0.4, -0.2) is 17.4 Å². The average molecular weight is 344 g/mol. The van der Waals surface area contributed by atoms with E-state index in [4.69, 9.17) is 4.74 Å². The minimum atomic E-state index is -0.311. The van der Waals surface area contributed by atoms with E-state index < -0.39 is 0 Å². The maximum atomic E-state index is 11.9. The van der Waals surface area contributed by atoms with Gasteiger partial charge in [-0.15, -0.1) is 0 Å². The highest BCUT2D eigenvalue weighted by atomic mass is 16.6. The summed E-state index contributed by atoms with van der Waals surface area (Å²) in [4.78, 5) is 23.6. The Labute approximate surface area is 151 Å². The first kappa shape index (κ1) is 17.3. The van der Waals surface area contributed by atoms with Crippen LogP contribution in [0, 0.1) is 28.6 Å². The molecule has 0 aliphatic heterocycles. The maximum absolute atomic E-state index is 11.9. The van der Waals surface area contributed by atoms with E-state index in [0.717, 1.165) is 32.1 Å². The van der Waals surface area contributed by atoms with E-state index in [9.17, 15) is 9.59 Å². The highest BCUT2D eigenvalue weighted by Crippen LogP contribution is 2.68. The number of fused-ring (bicyclic) bond motifs is 5. The third-order valence-corrected chi connectivity index (χ3v) is 8.86. The number of rotatable bonds is 1. The number of hydrogen-bond acceptors (Lipinski definition) is 3. The second-order valence-electron chi connectivity index (χ2n) is 9.79. The van der Waals surface area contributed by atoms with Crippen molar-refractivity contribution in [3.63, 3.8) is 0 Å². The first-order valence-corrected chi connectivity index (χ1v) is 10.1. The first-order chi connectivity index (χ1) is 11.7. The van der Waals surface area contributed by atoms with Gasteiger partial charge in [0.2, 0.25) is 0 Å². The van der Waals surface area contributed by atoms with Crippen molar-refractivity contribution in [2.75, 3.05) is 0 Å². The predicted octanol–water partition coefficient (Wildman–Crippen LogP) is 4.84. The van der Waals surface area contributed by atoms with Gasteiger partial charge in [0.15, 0.2) is 5.78 Å². The van der Waals surface area contributed by atoms with Crippen LogP contribution in [0.2, 0.25) is 0 Å². The highest BCUT2D eigenvalue weighted by molar-refractivity contribution is 5.91. The Morgan fingerprint density at radius 2 is 1.76 bits per heavy atom. The lowest BCUT2D eigenvalue weighted by molar-refractivity contribution is -0.177. The van der Waals surface area contributed by atoms with Crippen molar-refractivity contribution >= 4 is 11.8 Å². The molecule has 0 N–H and O–H groups in total. The molecule has 3 heteroatoms. The van der Waals surface area contributed by atoms with Crippen molar-refractivity contribution in [2.24, 2.45) is 28.6 Å². The van der Waals surface area contributed by atoms with Gasteiger partial charge in [-0.1, -0.05) is 19.4 Å². The number of carbonyl (C=O) groups is 2.